The molecule has 7 heavy (non-hydrogen) atoms. The van der Waals surface area contributed by atoms with E-state index >= 15 is 0 Å². The summed E-state index contributed by atoms with van der Waals surface area (Å²) in [7, 11) is 0. The van der Waals surface area contributed by atoms with Crippen LogP contribution in [0.5, 0.6) is 0 Å². The van der Waals surface area contributed by atoms with Crippen molar-refractivity contribution >= 4 is 0 Å². The lowest BCUT2D eigenvalue weighted by molar-refractivity contribution is 1.02. The van der Waals surface area contributed by atoms with Crippen molar-refractivity contribution in [2.45, 2.75) is 13.8 Å². The van der Waals surface area contributed by atoms with Crippen molar-refractivity contribution < 1.29 is 0 Å². The zero-order chi connectivity index (χ0) is 5.70. The first-order valence-corrected chi connectivity index (χ1v) is 2.15. The topological polar surface area (TPSA) is 0 Å². The molecule has 0 heterocycles. The van der Waals surface area contributed by atoms with Crippen LogP contribution in [0.2, 0.25) is 0 Å². The first kappa shape index (κ1) is 6.12. The molecule has 0 bridgehead atoms. The van der Waals surface area contributed by atoms with Gasteiger partial charge >= 0.3 is 0 Å². The maximum absolute atomic E-state index is 6.56. The minimum absolute atomic E-state index is 0.00463. The number of rotatable bonds is 0. The summed E-state index contributed by atoms with van der Waals surface area (Å²) in [6.07, 6.45) is 6.56. The third-order valence-electron chi connectivity index (χ3n) is 0.577. The summed E-state index contributed by atoms with van der Waals surface area (Å²) in [5.74, 6) is 7.68. The quantitative estimate of drug-likeness (QED) is 0.393. The second-order valence-corrected chi connectivity index (χ2v) is 1.26. The Morgan fingerprint density at radius 2 is 2.14 bits per heavy atom. The third-order valence-corrected chi connectivity index (χ3v) is 0.577. The van der Waals surface area contributed by atoms with Crippen LogP contribution in [-0.2, 0) is 0 Å². The molecule has 0 aromatic carbocycles. The van der Waals surface area contributed by atoms with Gasteiger partial charge in [0.05, 0.1) is 5.92 Å². The monoisotopic (exact) mass is 91.1 g/mol. The van der Waals surface area contributed by atoms with Crippen LogP contribution >= 0.6 is 0 Å². The molecule has 0 spiro atoms. The molecule has 0 aromatic rings. The van der Waals surface area contributed by atoms with Crippen LogP contribution in [0.3, 0.4) is 0 Å². The Bertz CT molecular complexity index is 126. The molecule has 0 heteroatoms. The highest BCUT2D eigenvalue weighted by molar-refractivity contribution is 5.09. The van der Waals surface area contributed by atoms with E-state index in [2.05, 4.69) is 17.8 Å². The van der Waals surface area contributed by atoms with Gasteiger partial charge in [-0.05, 0) is 20.3 Å². The zero-order valence-electron chi connectivity index (χ0n) is 4.58. The second-order valence-electron chi connectivity index (χ2n) is 1.26. The molecular formula is C7H7. The van der Waals surface area contributed by atoms with Crippen LogP contribution in [-0.4, -0.2) is 0 Å². The largest absolute Gasteiger partial charge is 0.105 e. The zero-order valence-corrected chi connectivity index (χ0v) is 4.58. The van der Waals surface area contributed by atoms with Crippen molar-refractivity contribution in [2.24, 2.45) is 5.92 Å². The van der Waals surface area contributed by atoms with Crippen LogP contribution < -0.4 is 0 Å². The molecular weight excluding hydrogens is 84.1 g/mol. The number of hydrogen-bond donors (Lipinski definition) is 0. The molecule has 1 atom stereocenters. The van der Waals surface area contributed by atoms with E-state index in [0.29, 0.717) is 0 Å². The van der Waals surface area contributed by atoms with E-state index in [9.17, 15) is 0 Å². The van der Waals surface area contributed by atoms with Crippen LogP contribution in [0.1, 0.15) is 13.8 Å². The van der Waals surface area contributed by atoms with Crippen molar-refractivity contribution in [3.8, 4) is 17.8 Å². The molecule has 0 nitrogen and oxygen atoms in total. The van der Waals surface area contributed by atoms with E-state index in [1.807, 2.05) is 6.92 Å². The van der Waals surface area contributed by atoms with E-state index in [0.717, 1.165) is 0 Å². The lowest BCUT2D eigenvalue weighted by Crippen LogP contribution is -1.79. The highest BCUT2D eigenvalue weighted by Gasteiger charge is 1.81. The maximum atomic E-state index is 6.56. The first-order chi connectivity index (χ1) is 3.31. The molecule has 1 unspecified atom stereocenters. The van der Waals surface area contributed by atoms with Crippen LogP contribution in [0.15, 0.2) is 0 Å². The normalized spacial score (nSPS) is 10.4. The van der Waals surface area contributed by atoms with Crippen LogP contribution in [0.4, 0.5) is 0 Å². The minimum atomic E-state index is 0.00463. The minimum Gasteiger partial charge on any atom is -0.105 e. The van der Waals surface area contributed by atoms with E-state index in [1.54, 1.807) is 6.92 Å². The average Bonchev–Trinajstić information content (AvgIpc) is 1.68. The first-order valence-electron chi connectivity index (χ1n) is 2.15. The van der Waals surface area contributed by atoms with E-state index in [-0.39, 0.29) is 5.92 Å². The van der Waals surface area contributed by atoms with Gasteiger partial charge in [0, 0.05) is 0 Å². The standard InChI is InChI=1S/C7H7/c1-4-6-7(3)5-2/h7H,1,3H3. The highest BCUT2D eigenvalue weighted by atomic mass is 13.8. The molecule has 0 fully saturated rings. The molecule has 0 amide bonds. The fraction of sp³-hybridized carbons (Fsp3) is 0.429. The summed E-state index contributed by atoms with van der Waals surface area (Å²) in [6.45, 7) is 3.59. The van der Waals surface area contributed by atoms with Crippen LogP contribution in [0.25, 0.3) is 0 Å². The van der Waals surface area contributed by atoms with Gasteiger partial charge in [0.1, 0.15) is 0 Å². The van der Waals surface area contributed by atoms with Crippen molar-refractivity contribution in [1.29, 1.82) is 0 Å². The van der Waals surface area contributed by atoms with Gasteiger partial charge in [-0.1, -0.05) is 11.8 Å². The lowest BCUT2D eigenvalue weighted by Gasteiger charge is -1.82. The number of hydrogen-bond acceptors (Lipinski definition) is 0. The Balaban J connectivity index is 3.57. The van der Waals surface area contributed by atoms with Gasteiger partial charge in [-0.2, -0.15) is 0 Å². The van der Waals surface area contributed by atoms with Gasteiger partial charge in [-0.15, -0.1) is 5.92 Å². The van der Waals surface area contributed by atoms with Crippen molar-refractivity contribution in [2.75, 3.05) is 0 Å². The molecule has 0 aliphatic carbocycles. The van der Waals surface area contributed by atoms with Gasteiger partial charge in [0.15, 0.2) is 0 Å². The summed E-state index contributed by atoms with van der Waals surface area (Å²) in [6, 6.07) is 0. The molecule has 0 saturated heterocycles. The molecule has 1 radical (unpaired) electrons. The molecule has 0 rings (SSSR count). The van der Waals surface area contributed by atoms with Crippen molar-refractivity contribution in [1.82, 2.24) is 0 Å². The second kappa shape index (κ2) is 3.32. The van der Waals surface area contributed by atoms with Gasteiger partial charge in [0.25, 0.3) is 0 Å². The predicted octanol–water partition coefficient (Wildman–Crippen LogP) is 1.24. The van der Waals surface area contributed by atoms with E-state index < -0.39 is 0 Å². The summed E-state index contributed by atoms with van der Waals surface area (Å²) < 4.78 is 0. The Kier molecular flexibility index (Phi) is 2.90. The SMILES string of the molecule is [C]#CC(C)C#CC. The fourth-order valence-electron chi connectivity index (χ4n) is 0.253. The molecule has 35 valence electrons. The van der Waals surface area contributed by atoms with Gasteiger partial charge in [0.2, 0.25) is 0 Å². The smallest absolute Gasteiger partial charge is 0.0793 e. The summed E-state index contributed by atoms with van der Waals surface area (Å²) in [5, 5.41) is 0. The lowest BCUT2D eigenvalue weighted by atomic mass is 10.2. The maximum Gasteiger partial charge on any atom is 0.0793 e. The Morgan fingerprint density at radius 3 is 2.29 bits per heavy atom. The molecule has 0 aliphatic rings. The van der Waals surface area contributed by atoms with Gasteiger partial charge < -0.3 is 0 Å². The summed E-state index contributed by atoms with van der Waals surface area (Å²) >= 11 is 0. The Labute approximate surface area is 44.9 Å². The Hall–Kier alpha value is -0.880. The predicted molar refractivity (Wildman–Crippen MR) is 29.7 cm³/mol. The van der Waals surface area contributed by atoms with Gasteiger partial charge in [-0.3, -0.25) is 0 Å². The van der Waals surface area contributed by atoms with Crippen molar-refractivity contribution in [3.63, 3.8) is 0 Å². The third kappa shape index (κ3) is 2.94. The Morgan fingerprint density at radius 1 is 1.57 bits per heavy atom. The van der Waals surface area contributed by atoms with E-state index in [1.165, 1.54) is 0 Å². The summed E-state index contributed by atoms with van der Waals surface area (Å²) in [4.78, 5) is 0. The van der Waals surface area contributed by atoms with Crippen molar-refractivity contribution in [3.05, 3.63) is 6.42 Å². The van der Waals surface area contributed by atoms with Crippen LogP contribution in [0, 0.1) is 30.1 Å². The van der Waals surface area contributed by atoms with E-state index in [4.69, 9.17) is 6.42 Å². The van der Waals surface area contributed by atoms with Gasteiger partial charge in [-0.25, -0.2) is 0 Å². The molecule has 0 N–H and O–H groups in total. The highest BCUT2D eigenvalue weighted by Crippen LogP contribution is 1.84. The molecule has 0 saturated carbocycles. The fourth-order valence-corrected chi connectivity index (χ4v) is 0.253. The summed E-state index contributed by atoms with van der Waals surface area (Å²) in [5.41, 5.74) is 0. The molecule has 0 aliphatic heterocycles. The average molecular weight is 91.1 g/mol. The molecule has 0 aromatic heterocycles.